The Morgan fingerprint density at radius 2 is 1.93 bits per heavy atom. The third-order valence-electron chi connectivity index (χ3n) is 4.56. The molecule has 0 saturated heterocycles. The van der Waals surface area contributed by atoms with E-state index >= 15 is 0 Å². The first-order valence-electron chi connectivity index (χ1n) is 9.05. The zero-order chi connectivity index (χ0) is 19.6. The van der Waals surface area contributed by atoms with Gasteiger partial charge in [0.2, 0.25) is 0 Å². The maximum absolute atomic E-state index is 12.5. The van der Waals surface area contributed by atoms with Crippen LogP contribution in [-0.2, 0) is 0 Å². The molecule has 0 N–H and O–H groups in total. The summed E-state index contributed by atoms with van der Waals surface area (Å²) in [5.74, 6) is 0.832. The van der Waals surface area contributed by atoms with E-state index < -0.39 is 0 Å². The Morgan fingerprint density at radius 3 is 2.90 bits per heavy atom. The first-order valence-corrected chi connectivity index (χ1v) is 9.05. The zero-order valence-corrected chi connectivity index (χ0v) is 15.3. The normalized spacial score (nSPS) is 16.9. The van der Waals surface area contributed by atoms with Gasteiger partial charge in [0.05, 0.1) is 10.9 Å². The third kappa shape index (κ3) is 3.29. The van der Waals surface area contributed by atoms with Crippen molar-refractivity contribution in [2.45, 2.75) is 0 Å². The van der Waals surface area contributed by atoms with Gasteiger partial charge in [-0.2, -0.15) is 0 Å². The smallest absolute Gasteiger partial charge is 0.293 e. The van der Waals surface area contributed by atoms with Crippen LogP contribution in [0.4, 0.5) is 5.82 Å². The van der Waals surface area contributed by atoms with Gasteiger partial charge in [-0.05, 0) is 36.4 Å². The van der Waals surface area contributed by atoms with Crippen molar-refractivity contribution in [3.05, 3.63) is 83.4 Å². The molecule has 1 aliphatic heterocycles. The van der Waals surface area contributed by atoms with E-state index in [1.165, 1.54) is 12.5 Å². The van der Waals surface area contributed by atoms with Crippen LogP contribution < -0.4 is 15.3 Å². The van der Waals surface area contributed by atoms with E-state index in [1.807, 2.05) is 48.7 Å². The summed E-state index contributed by atoms with van der Waals surface area (Å²) in [7, 11) is 0. The lowest BCUT2D eigenvalue weighted by atomic mass is 10.2. The summed E-state index contributed by atoms with van der Waals surface area (Å²) >= 11 is 0. The van der Waals surface area contributed by atoms with Crippen molar-refractivity contribution in [2.24, 2.45) is 9.98 Å². The molecule has 0 spiro atoms. The number of carbonyl (C=O) groups is 1. The van der Waals surface area contributed by atoms with E-state index in [4.69, 9.17) is 9.73 Å². The quantitative estimate of drug-likeness (QED) is 0.468. The fraction of sp³-hybridized carbons (Fsp3) is 0.0455. The molecular weight excluding hydrogens is 366 g/mol. The monoisotopic (exact) mass is 381 g/mol. The Morgan fingerprint density at radius 1 is 1.00 bits per heavy atom. The number of benzene rings is 2. The Bertz CT molecular complexity index is 1390. The maximum atomic E-state index is 12.5. The molecule has 140 valence electrons. The summed E-state index contributed by atoms with van der Waals surface area (Å²) in [6.07, 6.45) is 6.62. The number of carbonyl (C=O) groups excluding carboxylic acids is 1. The molecular formula is C22H15N5O2. The molecule has 0 atom stereocenters. The molecule has 2 aromatic carbocycles. The lowest BCUT2D eigenvalue weighted by Gasteiger charge is -2.05. The van der Waals surface area contributed by atoms with Crippen molar-refractivity contribution in [3.63, 3.8) is 0 Å². The topological polar surface area (TPSA) is 81.7 Å². The van der Waals surface area contributed by atoms with Crippen molar-refractivity contribution in [1.29, 1.82) is 0 Å². The van der Waals surface area contributed by atoms with Gasteiger partial charge >= 0.3 is 0 Å². The lowest BCUT2D eigenvalue weighted by molar-refractivity contribution is 0.0997. The van der Waals surface area contributed by atoms with Gasteiger partial charge < -0.3 is 9.30 Å². The molecule has 4 aromatic rings. The zero-order valence-electron chi connectivity index (χ0n) is 15.3. The molecule has 7 nitrogen and oxygen atoms in total. The Hall–Kier alpha value is -4.13. The number of aromatic nitrogens is 3. The van der Waals surface area contributed by atoms with Crippen LogP contribution in [0, 0.1) is 0 Å². The number of para-hydroxylation sites is 1. The Labute approximate surface area is 165 Å². The predicted molar refractivity (Wildman–Crippen MR) is 109 cm³/mol. The van der Waals surface area contributed by atoms with Crippen LogP contribution in [0.1, 0.15) is 10.5 Å². The molecule has 29 heavy (non-hydrogen) atoms. The van der Waals surface area contributed by atoms with Crippen LogP contribution in [0.3, 0.4) is 0 Å². The second kappa shape index (κ2) is 7.12. The van der Waals surface area contributed by atoms with Crippen LogP contribution in [0.15, 0.2) is 77.1 Å². The summed E-state index contributed by atoms with van der Waals surface area (Å²) in [5.41, 5.74) is 1.23. The van der Waals surface area contributed by atoms with Crippen LogP contribution in [0.5, 0.6) is 5.75 Å². The van der Waals surface area contributed by atoms with Gasteiger partial charge in [-0.25, -0.2) is 20.0 Å². The lowest BCUT2D eigenvalue weighted by Crippen LogP contribution is -2.25. The predicted octanol–water partition coefficient (Wildman–Crippen LogP) is 2.27. The summed E-state index contributed by atoms with van der Waals surface area (Å²) in [5, 5.41) is 2.35. The van der Waals surface area contributed by atoms with Gasteiger partial charge in [0.25, 0.3) is 5.91 Å². The molecule has 2 aromatic heterocycles. The van der Waals surface area contributed by atoms with Crippen LogP contribution in [0.25, 0.3) is 17.1 Å². The minimum absolute atomic E-state index is 0.169. The fourth-order valence-electron chi connectivity index (χ4n) is 3.17. The minimum atomic E-state index is -0.344. The van der Waals surface area contributed by atoms with E-state index in [0.717, 1.165) is 21.5 Å². The molecule has 1 aliphatic rings. The Balaban J connectivity index is 1.83. The van der Waals surface area contributed by atoms with Crippen molar-refractivity contribution in [2.75, 3.05) is 6.61 Å². The number of amides is 1. The largest absolute Gasteiger partial charge is 0.488 e. The van der Waals surface area contributed by atoms with Gasteiger partial charge in [0.15, 0.2) is 5.82 Å². The van der Waals surface area contributed by atoms with Gasteiger partial charge in [-0.3, -0.25) is 4.79 Å². The number of rotatable bonds is 0. The molecule has 1 amide bonds. The molecule has 3 heterocycles. The molecule has 5 rings (SSSR count). The van der Waals surface area contributed by atoms with Gasteiger partial charge in [-0.1, -0.05) is 18.2 Å². The highest BCUT2D eigenvalue weighted by atomic mass is 16.5. The van der Waals surface area contributed by atoms with Crippen molar-refractivity contribution < 1.29 is 9.53 Å². The maximum Gasteiger partial charge on any atom is 0.293 e. The molecule has 0 radical (unpaired) electrons. The SMILES string of the molecule is O=C1/N=C\COc2ccc3ncnc(c3c2)/N=c2/cccc/c2=C/n2cccc21. The standard InChI is InChI=1S/C22H15N5O2/c28-22-20-6-3-10-27(20)13-15-4-1-2-5-18(15)26-21-17-12-16(29-11-9-23-22)7-8-19(17)24-14-25-21/h1-10,12-14H,11H2/b15-13-,23-9-,26-18-. The highest BCUT2D eigenvalue weighted by molar-refractivity contribution is 5.98. The average Bonchev–Trinajstić information content (AvgIpc) is 3.20. The first-order chi connectivity index (χ1) is 14.3. The molecule has 2 bridgehead atoms. The summed E-state index contributed by atoms with van der Waals surface area (Å²) in [6, 6.07) is 16.7. The van der Waals surface area contributed by atoms with Crippen molar-refractivity contribution in [3.8, 4) is 5.75 Å². The third-order valence-corrected chi connectivity index (χ3v) is 4.56. The van der Waals surface area contributed by atoms with Crippen LogP contribution >= 0.6 is 0 Å². The van der Waals surface area contributed by atoms with E-state index in [9.17, 15) is 4.79 Å². The second-order valence-electron chi connectivity index (χ2n) is 6.40. The van der Waals surface area contributed by atoms with Crippen LogP contribution in [-0.4, -0.2) is 33.3 Å². The molecule has 0 fully saturated rings. The number of nitrogens with zero attached hydrogens (tertiary/aromatic N) is 5. The van der Waals surface area contributed by atoms with E-state index in [1.54, 1.807) is 22.9 Å². The number of fused-ring (bicyclic) bond motifs is 3. The highest BCUT2D eigenvalue weighted by Crippen LogP contribution is 2.25. The van der Waals surface area contributed by atoms with Gasteiger partial charge in [0.1, 0.15) is 24.4 Å². The minimum Gasteiger partial charge on any atom is -0.488 e. The number of aliphatic imine (C=N–C) groups is 1. The molecule has 0 unspecified atom stereocenters. The van der Waals surface area contributed by atoms with Crippen molar-refractivity contribution >= 4 is 35.0 Å². The number of ether oxygens (including phenoxy) is 1. The van der Waals surface area contributed by atoms with Crippen LogP contribution in [0.2, 0.25) is 0 Å². The number of hydrogen-bond donors (Lipinski definition) is 0. The van der Waals surface area contributed by atoms with Gasteiger partial charge in [-0.15, -0.1) is 0 Å². The molecule has 0 saturated carbocycles. The molecule has 0 aliphatic carbocycles. The van der Waals surface area contributed by atoms with E-state index in [2.05, 4.69) is 15.0 Å². The summed E-state index contributed by atoms with van der Waals surface area (Å²) in [6.45, 7) is 0.169. The first kappa shape index (κ1) is 17.0. The van der Waals surface area contributed by atoms with E-state index in [-0.39, 0.29) is 12.5 Å². The van der Waals surface area contributed by atoms with Gasteiger partial charge in [0, 0.05) is 29.2 Å². The fourth-order valence-corrected chi connectivity index (χ4v) is 3.17. The second-order valence-corrected chi connectivity index (χ2v) is 6.40. The Kier molecular flexibility index (Phi) is 4.18. The highest BCUT2D eigenvalue weighted by Gasteiger charge is 2.09. The average molecular weight is 381 g/mol. The van der Waals surface area contributed by atoms with E-state index in [0.29, 0.717) is 17.3 Å². The number of hydrogen-bond acceptors (Lipinski definition) is 5. The summed E-state index contributed by atoms with van der Waals surface area (Å²) < 4.78 is 7.46. The van der Waals surface area contributed by atoms with Crippen molar-refractivity contribution in [1.82, 2.24) is 14.5 Å². The molecule has 7 heteroatoms. The summed E-state index contributed by atoms with van der Waals surface area (Å²) in [4.78, 5) is 30.0.